The van der Waals surface area contributed by atoms with E-state index in [2.05, 4.69) is 20.4 Å². The molecule has 7 nitrogen and oxygen atoms in total. The summed E-state index contributed by atoms with van der Waals surface area (Å²) in [6, 6.07) is 9.18. The molecule has 0 aliphatic carbocycles. The number of aromatic nitrogens is 4. The molecule has 3 heterocycles. The fourth-order valence-corrected chi connectivity index (χ4v) is 2.70. The predicted molar refractivity (Wildman–Crippen MR) is 97.5 cm³/mol. The normalized spacial score (nSPS) is 11.0. The average molecular weight is 347 g/mol. The number of furan rings is 1. The number of aryl methyl sites for hydroxylation is 1. The predicted octanol–water partition coefficient (Wildman–Crippen LogP) is 3.59. The van der Waals surface area contributed by atoms with Crippen LogP contribution >= 0.6 is 0 Å². The summed E-state index contributed by atoms with van der Waals surface area (Å²) in [5.74, 6) is 0.351. The van der Waals surface area contributed by atoms with E-state index in [0.29, 0.717) is 17.2 Å². The van der Waals surface area contributed by atoms with Gasteiger partial charge in [-0.1, -0.05) is 18.2 Å². The second kappa shape index (κ2) is 6.11. The van der Waals surface area contributed by atoms with Crippen molar-refractivity contribution in [1.82, 2.24) is 19.7 Å². The van der Waals surface area contributed by atoms with Crippen LogP contribution in [0.1, 0.15) is 27.5 Å². The first-order valence-corrected chi connectivity index (χ1v) is 8.18. The van der Waals surface area contributed by atoms with Gasteiger partial charge < -0.3 is 9.73 Å². The van der Waals surface area contributed by atoms with Crippen LogP contribution in [-0.4, -0.2) is 25.7 Å². The zero-order valence-electron chi connectivity index (χ0n) is 14.6. The summed E-state index contributed by atoms with van der Waals surface area (Å²) < 4.78 is 7.25. The van der Waals surface area contributed by atoms with E-state index in [0.717, 1.165) is 22.3 Å². The number of amides is 1. The molecule has 0 saturated heterocycles. The van der Waals surface area contributed by atoms with Crippen LogP contribution in [0.25, 0.3) is 16.9 Å². The standard InChI is InChI=1S/C19H17N5O2/c1-11-12(2)23-24(13(11)3)19-20-9-15(10-21-19)22-18(25)17-8-14-6-4-5-7-16(14)26-17/h4-10H,1-3H3,(H,22,25). The number of para-hydroxylation sites is 1. The fourth-order valence-electron chi connectivity index (χ4n) is 2.70. The van der Waals surface area contributed by atoms with Gasteiger partial charge in [-0.25, -0.2) is 14.6 Å². The molecule has 1 amide bonds. The molecule has 1 N–H and O–H groups in total. The van der Waals surface area contributed by atoms with Crippen LogP contribution < -0.4 is 5.32 Å². The molecule has 0 spiro atoms. The first-order chi connectivity index (χ1) is 12.5. The van der Waals surface area contributed by atoms with Gasteiger partial charge >= 0.3 is 0 Å². The minimum absolute atomic E-state index is 0.240. The van der Waals surface area contributed by atoms with Crippen LogP contribution in [0.4, 0.5) is 5.69 Å². The second-order valence-electron chi connectivity index (χ2n) is 6.08. The number of rotatable bonds is 3. The zero-order valence-corrected chi connectivity index (χ0v) is 14.6. The van der Waals surface area contributed by atoms with Crippen molar-refractivity contribution in [3.05, 3.63) is 65.4 Å². The van der Waals surface area contributed by atoms with Gasteiger partial charge in [0, 0.05) is 11.1 Å². The van der Waals surface area contributed by atoms with E-state index in [1.807, 2.05) is 45.0 Å². The molecule has 3 aromatic heterocycles. The van der Waals surface area contributed by atoms with E-state index >= 15 is 0 Å². The van der Waals surface area contributed by atoms with Crippen molar-refractivity contribution in [3.63, 3.8) is 0 Å². The quantitative estimate of drug-likeness (QED) is 0.612. The second-order valence-corrected chi connectivity index (χ2v) is 6.08. The third-order valence-corrected chi connectivity index (χ3v) is 4.39. The molecule has 0 unspecified atom stereocenters. The first-order valence-electron chi connectivity index (χ1n) is 8.18. The molecular weight excluding hydrogens is 330 g/mol. The lowest BCUT2D eigenvalue weighted by molar-refractivity contribution is 0.0998. The minimum atomic E-state index is -0.348. The van der Waals surface area contributed by atoms with Crippen molar-refractivity contribution in [2.24, 2.45) is 0 Å². The molecule has 0 aliphatic rings. The topological polar surface area (TPSA) is 85.8 Å². The number of nitrogens with one attached hydrogen (secondary N) is 1. The highest BCUT2D eigenvalue weighted by Crippen LogP contribution is 2.20. The third-order valence-electron chi connectivity index (χ3n) is 4.39. The summed E-state index contributed by atoms with van der Waals surface area (Å²) in [4.78, 5) is 21.0. The largest absolute Gasteiger partial charge is 0.451 e. The van der Waals surface area contributed by atoms with Crippen molar-refractivity contribution < 1.29 is 9.21 Å². The van der Waals surface area contributed by atoms with Gasteiger partial charge in [-0.15, -0.1) is 0 Å². The molecule has 4 aromatic rings. The molecule has 1 aromatic carbocycles. The number of benzene rings is 1. The van der Waals surface area contributed by atoms with Crippen LogP contribution in [0.3, 0.4) is 0 Å². The molecule has 0 bridgehead atoms. The van der Waals surface area contributed by atoms with Gasteiger partial charge in [0.15, 0.2) is 5.76 Å². The summed E-state index contributed by atoms with van der Waals surface area (Å²) in [7, 11) is 0. The van der Waals surface area contributed by atoms with Crippen LogP contribution in [0, 0.1) is 20.8 Å². The van der Waals surface area contributed by atoms with Gasteiger partial charge in [0.1, 0.15) is 5.58 Å². The van der Waals surface area contributed by atoms with E-state index < -0.39 is 0 Å². The molecule has 26 heavy (non-hydrogen) atoms. The van der Waals surface area contributed by atoms with E-state index in [-0.39, 0.29) is 11.7 Å². The molecule has 4 rings (SSSR count). The van der Waals surface area contributed by atoms with Crippen molar-refractivity contribution in [3.8, 4) is 5.95 Å². The fraction of sp³-hybridized carbons (Fsp3) is 0.158. The molecule has 7 heteroatoms. The lowest BCUT2D eigenvalue weighted by atomic mass is 10.2. The lowest BCUT2D eigenvalue weighted by Gasteiger charge is -2.05. The van der Waals surface area contributed by atoms with E-state index in [1.165, 1.54) is 0 Å². The van der Waals surface area contributed by atoms with Gasteiger partial charge in [0.25, 0.3) is 11.9 Å². The Balaban J connectivity index is 1.55. The molecule has 0 radical (unpaired) electrons. The summed E-state index contributed by atoms with van der Waals surface area (Å²) in [5, 5.41) is 8.05. The SMILES string of the molecule is Cc1nn(-c2ncc(NC(=O)c3cc4ccccc4o3)cn2)c(C)c1C. The number of hydrogen-bond acceptors (Lipinski definition) is 5. The van der Waals surface area contributed by atoms with Gasteiger partial charge in [-0.2, -0.15) is 5.10 Å². The van der Waals surface area contributed by atoms with Crippen molar-refractivity contribution >= 4 is 22.6 Å². The number of nitrogens with zero attached hydrogens (tertiary/aromatic N) is 4. The molecule has 0 fully saturated rings. The Hall–Kier alpha value is -3.48. The summed E-state index contributed by atoms with van der Waals surface area (Å²) in [6.07, 6.45) is 3.10. The zero-order chi connectivity index (χ0) is 18.3. The van der Waals surface area contributed by atoms with Gasteiger partial charge in [0.05, 0.1) is 23.8 Å². The Labute approximate surface area is 149 Å². The molecule has 0 atom stereocenters. The molecular formula is C19H17N5O2. The highest BCUT2D eigenvalue weighted by atomic mass is 16.3. The van der Waals surface area contributed by atoms with Crippen molar-refractivity contribution in [2.45, 2.75) is 20.8 Å². The van der Waals surface area contributed by atoms with Crippen LogP contribution in [0.2, 0.25) is 0 Å². The minimum Gasteiger partial charge on any atom is -0.451 e. The van der Waals surface area contributed by atoms with Gasteiger partial charge in [-0.05, 0) is 38.5 Å². The monoisotopic (exact) mass is 347 g/mol. The Morgan fingerprint density at radius 1 is 1.12 bits per heavy atom. The van der Waals surface area contributed by atoms with Crippen molar-refractivity contribution in [1.29, 1.82) is 0 Å². The van der Waals surface area contributed by atoms with Crippen LogP contribution in [0.15, 0.2) is 47.1 Å². The van der Waals surface area contributed by atoms with E-state index in [4.69, 9.17) is 4.42 Å². The number of carbonyl (C=O) groups excluding carboxylic acids is 1. The molecule has 0 saturated carbocycles. The maximum atomic E-state index is 12.4. The van der Waals surface area contributed by atoms with Crippen LogP contribution in [-0.2, 0) is 0 Å². The Morgan fingerprint density at radius 2 is 1.85 bits per heavy atom. The number of carbonyl (C=O) groups is 1. The molecule has 0 aliphatic heterocycles. The summed E-state index contributed by atoms with van der Waals surface area (Å²) >= 11 is 0. The van der Waals surface area contributed by atoms with Crippen LogP contribution in [0.5, 0.6) is 0 Å². The third kappa shape index (κ3) is 2.73. The maximum absolute atomic E-state index is 12.4. The first kappa shape index (κ1) is 16.0. The van der Waals surface area contributed by atoms with E-state index in [1.54, 1.807) is 23.1 Å². The Kier molecular flexibility index (Phi) is 3.76. The summed E-state index contributed by atoms with van der Waals surface area (Å²) in [6.45, 7) is 5.92. The highest BCUT2D eigenvalue weighted by Gasteiger charge is 2.14. The molecule has 130 valence electrons. The Morgan fingerprint density at radius 3 is 2.50 bits per heavy atom. The maximum Gasteiger partial charge on any atom is 0.291 e. The number of fused-ring (bicyclic) bond motifs is 1. The van der Waals surface area contributed by atoms with Crippen molar-refractivity contribution in [2.75, 3.05) is 5.32 Å². The summed E-state index contributed by atoms with van der Waals surface area (Å²) in [5.41, 5.74) is 4.19. The average Bonchev–Trinajstić information content (AvgIpc) is 3.19. The number of anilines is 1. The Bertz CT molecular complexity index is 1080. The lowest BCUT2D eigenvalue weighted by Crippen LogP contribution is -2.12. The smallest absolute Gasteiger partial charge is 0.291 e. The van der Waals surface area contributed by atoms with Gasteiger partial charge in [0.2, 0.25) is 0 Å². The number of hydrogen-bond donors (Lipinski definition) is 1. The van der Waals surface area contributed by atoms with E-state index in [9.17, 15) is 4.79 Å². The highest BCUT2D eigenvalue weighted by molar-refractivity contribution is 6.04. The van der Waals surface area contributed by atoms with Gasteiger partial charge in [-0.3, -0.25) is 4.79 Å².